The fourth-order valence-electron chi connectivity index (χ4n) is 1.07. The van der Waals surface area contributed by atoms with Gasteiger partial charge in [-0.15, -0.1) is 0 Å². The first-order valence-corrected chi connectivity index (χ1v) is 5.47. The summed E-state index contributed by atoms with van der Waals surface area (Å²) in [5, 5.41) is 8.63. The number of phenols is 1. The van der Waals surface area contributed by atoms with E-state index in [0.717, 1.165) is 0 Å². The molecule has 3 rings (SSSR count). The minimum atomic E-state index is 0. The molecule has 0 fully saturated rings. The summed E-state index contributed by atoms with van der Waals surface area (Å²) < 4.78 is 0. The summed E-state index contributed by atoms with van der Waals surface area (Å²) in [6.45, 7) is 0. The van der Waals surface area contributed by atoms with Crippen LogP contribution in [0.4, 0.5) is 0 Å². The van der Waals surface area contributed by atoms with Crippen molar-refractivity contribution >= 4 is 0 Å². The molecule has 1 N–H and O–H groups in total. The van der Waals surface area contributed by atoms with Crippen LogP contribution in [-0.4, -0.2) is 5.11 Å². The molecule has 0 spiro atoms. The summed E-state index contributed by atoms with van der Waals surface area (Å²) >= 11 is 0. The van der Waals surface area contributed by atoms with Crippen LogP contribution >= 0.6 is 0 Å². The van der Waals surface area contributed by atoms with Crippen LogP contribution in [0.5, 0.6) is 5.75 Å². The van der Waals surface area contributed by atoms with Crippen molar-refractivity contribution in [1.82, 2.24) is 0 Å². The third-order valence-corrected chi connectivity index (χ3v) is 1.87. The van der Waals surface area contributed by atoms with E-state index >= 15 is 0 Å². The maximum Gasteiger partial charge on any atom is 2.00 e. The van der Waals surface area contributed by atoms with Crippen molar-refractivity contribution < 1.29 is 26.8 Å². The molecule has 1 nitrogen and oxygen atoms in total. The third kappa shape index (κ3) is 9.65. The average Bonchev–Trinajstić information content (AvgIpc) is 3.09. The Balaban J connectivity index is 0.000000239. The van der Waals surface area contributed by atoms with E-state index in [1.165, 1.54) is 0 Å². The van der Waals surface area contributed by atoms with Gasteiger partial charge in [0.2, 0.25) is 0 Å². The fraction of sp³-hybridized carbons (Fsp3) is 0. The summed E-state index contributed by atoms with van der Waals surface area (Å²) in [5.74, 6) is 0.322. The Morgan fingerprint density at radius 3 is 1.17 bits per heavy atom. The summed E-state index contributed by atoms with van der Waals surface area (Å²) in [5.41, 5.74) is 0. The Kier molecular flexibility index (Phi) is 10.9. The molecule has 2 heteroatoms. The minimum absolute atomic E-state index is 0. The maximum atomic E-state index is 8.63. The van der Waals surface area contributed by atoms with Gasteiger partial charge >= 0.3 is 21.7 Å². The van der Waals surface area contributed by atoms with Crippen LogP contribution < -0.4 is 0 Å². The molecule has 0 aromatic heterocycles. The molecule has 0 aliphatic carbocycles. The van der Waals surface area contributed by atoms with E-state index in [-0.39, 0.29) is 21.7 Å². The van der Waals surface area contributed by atoms with E-state index in [9.17, 15) is 0 Å². The Labute approximate surface area is 123 Å². The van der Waals surface area contributed by atoms with Gasteiger partial charge in [-0.2, -0.15) is 36.4 Å². The number of hydrogen-bond acceptors (Lipinski definition) is 1. The van der Waals surface area contributed by atoms with Crippen molar-refractivity contribution in [2.24, 2.45) is 0 Å². The molecule has 0 unspecified atom stereocenters. The molecule has 0 bridgehead atoms. The van der Waals surface area contributed by atoms with Gasteiger partial charge in [-0.1, -0.05) is 18.2 Å². The van der Waals surface area contributed by atoms with Gasteiger partial charge in [0.25, 0.3) is 0 Å². The fourth-order valence-corrected chi connectivity index (χ4v) is 1.07. The van der Waals surface area contributed by atoms with Crippen molar-refractivity contribution in [1.29, 1.82) is 0 Å². The smallest absolute Gasteiger partial charge is 0.508 e. The molecule has 0 amide bonds. The molecule has 3 aromatic rings. The first kappa shape index (κ1) is 16.4. The second-order valence-corrected chi connectivity index (χ2v) is 3.26. The zero-order valence-electron chi connectivity index (χ0n) is 10.1. The van der Waals surface area contributed by atoms with E-state index < -0.39 is 0 Å². The molecule has 0 saturated heterocycles. The van der Waals surface area contributed by atoms with Gasteiger partial charge in [0, 0.05) is 0 Å². The van der Waals surface area contributed by atoms with E-state index in [1.54, 1.807) is 24.3 Å². The molecule has 0 aliphatic rings. The molecule has 0 saturated carbocycles. The van der Waals surface area contributed by atoms with Crippen molar-refractivity contribution in [2.75, 3.05) is 0 Å². The number of benzene rings is 1. The van der Waals surface area contributed by atoms with Crippen LogP contribution in [0.15, 0.2) is 91.0 Å². The van der Waals surface area contributed by atoms with Crippen molar-refractivity contribution in [3.8, 4) is 5.75 Å². The van der Waals surface area contributed by atoms with Crippen LogP contribution in [0.2, 0.25) is 0 Å². The first-order valence-electron chi connectivity index (χ1n) is 5.47. The zero-order chi connectivity index (χ0) is 12.2. The molecule has 90 valence electrons. The van der Waals surface area contributed by atoms with Crippen molar-refractivity contribution in [3.05, 3.63) is 91.0 Å². The Hall–Kier alpha value is -1.57. The normalized spacial score (nSPS) is 7.78. The van der Waals surface area contributed by atoms with Crippen LogP contribution in [0, 0.1) is 0 Å². The monoisotopic (exact) mass is 272 g/mol. The number of hydrogen-bond donors (Lipinski definition) is 1. The van der Waals surface area contributed by atoms with Crippen LogP contribution in [0.25, 0.3) is 0 Å². The molecule has 0 atom stereocenters. The molecule has 0 heterocycles. The van der Waals surface area contributed by atoms with Gasteiger partial charge in [-0.3, -0.25) is 0 Å². The minimum Gasteiger partial charge on any atom is -0.508 e. The maximum absolute atomic E-state index is 8.63. The van der Waals surface area contributed by atoms with Gasteiger partial charge < -0.3 is 5.11 Å². The Bertz CT molecular complexity index is 368. The van der Waals surface area contributed by atoms with Gasteiger partial charge in [-0.25, -0.2) is 24.3 Å². The second kappa shape index (κ2) is 11.9. The van der Waals surface area contributed by atoms with E-state index in [2.05, 4.69) is 0 Å². The predicted molar refractivity (Wildman–Crippen MR) is 72.2 cm³/mol. The quantitative estimate of drug-likeness (QED) is 0.480. The number of aromatic hydroxyl groups is 1. The van der Waals surface area contributed by atoms with E-state index in [1.807, 2.05) is 66.7 Å². The van der Waals surface area contributed by atoms with E-state index in [4.69, 9.17) is 5.11 Å². The Morgan fingerprint density at radius 2 is 1.00 bits per heavy atom. The Morgan fingerprint density at radius 1 is 0.611 bits per heavy atom. The number of para-hydroxylation sites is 1. The van der Waals surface area contributed by atoms with Crippen LogP contribution in [-0.2, 0) is 21.7 Å². The SMILES string of the molecule is Oc1ccccc1.[Ti+2].c1cc[cH-]c1.c1cc[cH-]c1. The van der Waals surface area contributed by atoms with Gasteiger partial charge in [0.15, 0.2) is 0 Å². The third-order valence-electron chi connectivity index (χ3n) is 1.87. The number of phenolic OH excluding ortho intramolecular Hbond substituents is 1. The summed E-state index contributed by atoms with van der Waals surface area (Å²) in [6.07, 6.45) is 0. The summed E-state index contributed by atoms with van der Waals surface area (Å²) in [7, 11) is 0. The van der Waals surface area contributed by atoms with Gasteiger partial charge in [0.05, 0.1) is 0 Å². The summed E-state index contributed by atoms with van der Waals surface area (Å²) in [6, 6.07) is 28.7. The molecule has 18 heavy (non-hydrogen) atoms. The summed E-state index contributed by atoms with van der Waals surface area (Å²) in [4.78, 5) is 0. The second-order valence-electron chi connectivity index (χ2n) is 3.26. The molecular weight excluding hydrogens is 256 g/mol. The largest absolute Gasteiger partial charge is 2.00 e. The molecular formula is C16H16OTi. The standard InChI is InChI=1S/C6H6O.2C5H5.Ti/c7-6-4-2-1-3-5-6;2*1-2-4-5-3-1;/h1-5,7H;2*1-5H;/q;2*-1;+2. The molecule has 0 aliphatic heterocycles. The predicted octanol–water partition coefficient (Wildman–Crippen LogP) is 4.20. The van der Waals surface area contributed by atoms with Crippen LogP contribution in [0.3, 0.4) is 0 Å². The van der Waals surface area contributed by atoms with Gasteiger partial charge in [0.1, 0.15) is 5.75 Å². The zero-order valence-corrected chi connectivity index (χ0v) is 11.7. The molecule has 0 radical (unpaired) electrons. The average molecular weight is 272 g/mol. The van der Waals surface area contributed by atoms with Crippen molar-refractivity contribution in [3.63, 3.8) is 0 Å². The first-order chi connectivity index (χ1) is 8.39. The molecule has 3 aromatic carbocycles. The van der Waals surface area contributed by atoms with Crippen LogP contribution in [0.1, 0.15) is 0 Å². The topological polar surface area (TPSA) is 20.2 Å². The van der Waals surface area contributed by atoms with E-state index in [0.29, 0.717) is 5.75 Å². The van der Waals surface area contributed by atoms with Crippen molar-refractivity contribution in [2.45, 2.75) is 0 Å². The van der Waals surface area contributed by atoms with Gasteiger partial charge in [-0.05, 0) is 12.1 Å². The number of rotatable bonds is 0.